The second-order valence-corrected chi connectivity index (χ2v) is 4.92. The molecule has 0 spiro atoms. The monoisotopic (exact) mass is 285 g/mol. The largest absolute Gasteiger partial charge is 0.416 e. The van der Waals surface area contributed by atoms with Gasteiger partial charge in [-0.3, -0.25) is 9.67 Å². The van der Waals surface area contributed by atoms with Crippen LogP contribution in [0.3, 0.4) is 0 Å². The fourth-order valence-corrected chi connectivity index (χ4v) is 2.27. The summed E-state index contributed by atoms with van der Waals surface area (Å²) in [5.41, 5.74) is -0.0318. The highest BCUT2D eigenvalue weighted by Gasteiger charge is 2.31. The predicted octanol–water partition coefficient (Wildman–Crippen LogP) is 3.96. The van der Waals surface area contributed by atoms with Gasteiger partial charge in [0.1, 0.15) is 0 Å². The topological polar surface area (TPSA) is 33.6 Å². The first-order valence-electron chi connectivity index (χ1n) is 5.81. The molecule has 2 aromatic rings. The summed E-state index contributed by atoms with van der Waals surface area (Å²) in [7, 11) is 0. The summed E-state index contributed by atoms with van der Waals surface area (Å²) in [5, 5.41) is 6.80. The van der Waals surface area contributed by atoms with E-state index in [-0.39, 0.29) is 0 Å². The number of hydrogen-bond donors (Lipinski definition) is 1. The molecule has 1 aliphatic carbocycles. The van der Waals surface area contributed by atoms with Crippen molar-refractivity contribution in [2.75, 3.05) is 0 Å². The Labute approximate surface area is 112 Å². The zero-order valence-corrected chi connectivity index (χ0v) is 10.6. The lowest BCUT2D eigenvalue weighted by molar-refractivity contribution is -0.137. The molecule has 1 aliphatic rings. The smallest absolute Gasteiger partial charge is 0.297 e. The van der Waals surface area contributed by atoms with Gasteiger partial charge in [-0.05, 0) is 37.2 Å². The van der Waals surface area contributed by atoms with E-state index in [2.05, 4.69) is 10.2 Å². The first-order valence-corrected chi connectivity index (χ1v) is 6.22. The van der Waals surface area contributed by atoms with Gasteiger partial charge in [0.05, 0.1) is 5.56 Å². The molecule has 1 N–H and O–H groups in total. The van der Waals surface area contributed by atoms with Crippen LogP contribution >= 0.6 is 12.2 Å². The molecule has 7 heteroatoms. The molecule has 0 atom stereocenters. The Bertz CT molecular complexity index is 650. The molecule has 1 heterocycles. The molecule has 3 rings (SSSR count). The van der Waals surface area contributed by atoms with Gasteiger partial charge in [0.15, 0.2) is 10.6 Å². The molecular weight excluding hydrogens is 275 g/mol. The number of aromatic nitrogens is 3. The molecule has 1 fully saturated rings. The average molecular weight is 285 g/mol. The number of halogens is 3. The third kappa shape index (κ3) is 2.30. The Morgan fingerprint density at radius 1 is 1.21 bits per heavy atom. The molecule has 1 aromatic carbocycles. The van der Waals surface area contributed by atoms with Crippen molar-refractivity contribution in [3.05, 3.63) is 34.6 Å². The molecule has 0 bridgehead atoms. The molecule has 0 aliphatic heterocycles. The van der Waals surface area contributed by atoms with Gasteiger partial charge < -0.3 is 0 Å². The van der Waals surface area contributed by atoms with E-state index in [1.165, 1.54) is 12.1 Å². The zero-order chi connectivity index (χ0) is 13.6. The van der Waals surface area contributed by atoms with Crippen LogP contribution in [0.15, 0.2) is 24.3 Å². The summed E-state index contributed by atoms with van der Waals surface area (Å²) >= 11 is 5.14. The predicted molar refractivity (Wildman–Crippen MR) is 66.1 cm³/mol. The van der Waals surface area contributed by atoms with E-state index in [9.17, 15) is 13.2 Å². The molecule has 0 amide bonds. The minimum Gasteiger partial charge on any atom is -0.297 e. The Morgan fingerprint density at radius 2 is 1.84 bits per heavy atom. The van der Waals surface area contributed by atoms with Crippen molar-refractivity contribution in [1.82, 2.24) is 14.8 Å². The third-order valence-corrected chi connectivity index (χ3v) is 3.37. The maximum absolute atomic E-state index is 12.5. The van der Waals surface area contributed by atoms with Crippen molar-refractivity contribution < 1.29 is 13.2 Å². The highest BCUT2D eigenvalue weighted by molar-refractivity contribution is 7.71. The van der Waals surface area contributed by atoms with Crippen LogP contribution in [0.2, 0.25) is 0 Å². The molecular formula is C12H10F3N3S. The Balaban J connectivity index is 2.01. The van der Waals surface area contributed by atoms with Crippen molar-refractivity contribution in [2.24, 2.45) is 0 Å². The maximum Gasteiger partial charge on any atom is 0.416 e. The van der Waals surface area contributed by atoms with Crippen LogP contribution < -0.4 is 0 Å². The van der Waals surface area contributed by atoms with Crippen molar-refractivity contribution in [2.45, 2.75) is 25.1 Å². The summed E-state index contributed by atoms with van der Waals surface area (Å²) in [4.78, 5) is 0. The van der Waals surface area contributed by atoms with Crippen molar-refractivity contribution in [1.29, 1.82) is 0 Å². The van der Waals surface area contributed by atoms with Gasteiger partial charge in [0.25, 0.3) is 0 Å². The molecule has 3 nitrogen and oxygen atoms in total. The fourth-order valence-electron chi connectivity index (χ4n) is 1.99. The van der Waals surface area contributed by atoms with Crippen LogP contribution in [-0.2, 0) is 6.18 Å². The van der Waals surface area contributed by atoms with Crippen molar-refractivity contribution in [3.8, 4) is 11.4 Å². The van der Waals surface area contributed by atoms with Gasteiger partial charge in [-0.25, -0.2) is 0 Å². The molecule has 100 valence electrons. The van der Waals surface area contributed by atoms with Crippen LogP contribution in [0.4, 0.5) is 13.2 Å². The second kappa shape index (κ2) is 4.19. The van der Waals surface area contributed by atoms with Gasteiger partial charge >= 0.3 is 6.18 Å². The summed E-state index contributed by atoms with van der Waals surface area (Å²) in [6.45, 7) is 0. The molecule has 1 aromatic heterocycles. The van der Waals surface area contributed by atoms with Gasteiger partial charge in [-0.2, -0.15) is 18.3 Å². The molecule has 0 radical (unpaired) electrons. The third-order valence-electron chi connectivity index (χ3n) is 3.09. The van der Waals surface area contributed by atoms with Gasteiger partial charge in [0.2, 0.25) is 0 Å². The summed E-state index contributed by atoms with van der Waals surface area (Å²) in [6, 6.07) is 5.29. The zero-order valence-electron chi connectivity index (χ0n) is 9.74. The minimum absolute atomic E-state index is 0.323. The van der Waals surface area contributed by atoms with Gasteiger partial charge in [-0.15, -0.1) is 0 Å². The summed E-state index contributed by atoms with van der Waals surface area (Å²) in [6.07, 6.45) is -2.26. The van der Waals surface area contributed by atoms with Crippen LogP contribution in [0.5, 0.6) is 0 Å². The van der Waals surface area contributed by atoms with E-state index in [0.29, 0.717) is 22.2 Å². The van der Waals surface area contributed by atoms with Crippen LogP contribution in [0.1, 0.15) is 24.4 Å². The van der Waals surface area contributed by atoms with Crippen molar-refractivity contribution in [3.63, 3.8) is 0 Å². The van der Waals surface area contributed by atoms with Crippen LogP contribution in [0.25, 0.3) is 11.4 Å². The van der Waals surface area contributed by atoms with E-state index in [0.717, 1.165) is 25.0 Å². The number of H-pyrrole nitrogens is 1. The summed E-state index contributed by atoms with van der Waals surface area (Å²) in [5.74, 6) is 0.598. The Hall–Kier alpha value is -1.63. The van der Waals surface area contributed by atoms with E-state index < -0.39 is 11.7 Å². The highest BCUT2D eigenvalue weighted by Crippen LogP contribution is 2.38. The fraction of sp³-hybridized carbons (Fsp3) is 0.333. The lowest BCUT2D eigenvalue weighted by Crippen LogP contribution is -2.04. The number of rotatable bonds is 2. The minimum atomic E-state index is -4.32. The number of hydrogen-bond acceptors (Lipinski definition) is 2. The molecule has 1 saturated carbocycles. The molecule has 0 saturated heterocycles. The normalized spacial score (nSPS) is 15.7. The van der Waals surface area contributed by atoms with Gasteiger partial charge in [-0.1, -0.05) is 12.1 Å². The number of aromatic amines is 1. The van der Waals surface area contributed by atoms with E-state index in [4.69, 9.17) is 12.2 Å². The van der Waals surface area contributed by atoms with Gasteiger partial charge in [0, 0.05) is 11.6 Å². The van der Waals surface area contributed by atoms with E-state index in [1.54, 1.807) is 0 Å². The number of nitrogens with zero attached hydrogens (tertiary/aromatic N) is 2. The lowest BCUT2D eigenvalue weighted by Gasteiger charge is -2.08. The average Bonchev–Trinajstić information content (AvgIpc) is 3.12. The Morgan fingerprint density at radius 3 is 2.37 bits per heavy atom. The summed E-state index contributed by atoms with van der Waals surface area (Å²) < 4.78 is 39.9. The second-order valence-electron chi connectivity index (χ2n) is 4.53. The number of nitrogens with one attached hydrogen (secondary N) is 1. The Kier molecular flexibility index (Phi) is 2.74. The van der Waals surface area contributed by atoms with Crippen LogP contribution in [-0.4, -0.2) is 14.8 Å². The highest BCUT2D eigenvalue weighted by atomic mass is 32.1. The van der Waals surface area contributed by atoms with E-state index >= 15 is 0 Å². The number of alkyl halides is 3. The maximum atomic E-state index is 12.5. The quantitative estimate of drug-likeness (QED) is 0.847. The van der Waals surface area contributed by atoms with Crippen LogP contribution in [0, 0.1) is 4.77 Å². The molecule has 0 unspecified atom stereocenters. The lowest BCUT2D eigenvalue weighted by atomic mass is 10.1. The first kappa shape index (κ1) is 12.4. The van der Waals surface area contributed by atoms with Crippen molar-refractivity contribution >= 4 is 12.2 Å². The standard InChI is InChI=1S/C12H10F3N3S/c13-12(14,15)8-3-1-7(2-4-8)10-16-17-11(19)18(10)9-5-6-9/h1-4,9H,5-6H2,(H,17,19). The SMILES string of the molecule is FC(F)(F)c1ccc(-c2n[nH]c(=S)n2C2CC2)cc1. The van der Waals surface area contributed by atoms with E-state index in [1.807, 2.05) is 4.57 Å². The number of benzene rings is 1. The first-order chi connectivity index (χ1) is 8.97. The molecule has 19 heavy (non-hydrogen) atoms.